The Morgan fingerprint density at radius 1 is 1.09 bits per heavy atom. The Bertz CT molecular complexity index is 755. The molecule has 0 saturated carbocycles. The molecule has 0 aliphatic carbocycles. The molecular formula is C15H14FNO4S. The lowest BCUT2D eigenvalue weighted by Gasteiger charge is -2.08. The Labute approximate surface area is 127 Å². The molecule has 0 heterocycles. The summed E-state index contributed by atoms with van der Waals surface area (Å²) in [6.07, 6.45) is -0.0460. The van der Waals surface area contributed by atoms with Crippen molar-refractivity contribution in [1.82, 2.24) is 0 Å². The van der Waals surface area contributed by atoms with Gasteiger partial charge in [-0.1, -0.05) is 12.1 Å². The van der Waals surface area contributed by atoms with Gasteiger partial charge in [-0.05, 0) is 42.0 Å². The monoisotopic (exact) mass is 323 g/mol. The third-order valence-electron chi connectivity index (χ3n) is 2.84. The van der Waals surface area contributed by atoms with Crippen LogP contribution < -0.4 is 4.74 Å². The van der Waals surface area contributed by atoms with E-state index in [0.29, 0.717) is 11.3 Å². The van der Waals surface area contributed by atoms with E-state index in [4.69, 9.17) is 14.3 Å². The van der Waals surface area contributed by atoms with E-state index >= 15 is 0 Å². The number of methoxy groups -OCH3 is 1. The molecule has 1 N–H and O–H groups in total. The van der Waals surface area contributed by atoms with Crippen molar-refractivity contribution in [2.24, 2.45) is 0 Å². The molecule has 2 aromatic rings. The average Bonchev–Trinajstić information content (AvgIpc) is 2.49. The molecule has 116 valence electrons. The summed E-state index contributed by atoms with van der Waals surface area (Å²) >= 11 is 0. The third kappa shape index (κ3) is 4.05. The van der Waals surface area contributed by atoms with Crippen LogP contribution >= 0.6 is 0 Å². The molecule has 7 heteroatoms. The Morgan fingerprint density at radius 3 is 2.23 bits per heavy atom. The second-order valence-corrected chi connectivity index (χ2v) is 5.99. The first-order valence-corrected chi connectivity index (χ1v) is 7.72. The predicted molar refractivity (Wildman–Crippen MR) is 79.1 cm³/mol. The second kappa shape index (κ2) is 6.57. The smallest absolute Gasteiger partial charge is 0.340 e. The Balaban J connectivity index is 2.07. The molecule has 2 aromatic carbocycles. The minimum Gasteiger partial charge on any atom is -0.497 e. The zero-order chi connectivity index (χ0) is 16.2. The molecule has 2 rings (SSSR count). The summed E-state index contributed by atoms with van der Waals surface area (Å²) in [5, 5.41) is 7.64. The van der Waals surface area contributed by atoms with E-state index in [1.54, 1.807) is 0 Å². The lowest BCUT2D eigenvalue weighted by atomic mass is 10.1. The molecule has 22 heavy (non-hydrogen) atoms. The Kier molecular flexibility index (Phi) is 4.77. The number of halogens is 1. The zero-order valence-corrected chi connectivity index (χ0v) is 12.6. The van der Waals surface area contributed by atoms with Crippen LogP contribution in [0.15, 0.2) is 53.4 Å². The summed E-state index contributed by atoms with van der Waals surface area (Å²) in [6.45, 7) is 0. The summed E-state index contributed by atoms with van der Waals surface area (Å²) in [7, 11) is -2.60. The van der Waals surface area contributed by atoms with Crippen LogP contribution in [0.5, 0.6) is 5.75 Å². The largest absolute Gasteiger partial charge is 0.497 e. The highest BCUT2D eigenvalue weighted by atomic mass is 32.2. The molecule has 0 aliphatic heterocycles. The van der Waals surface area contributed by atoms with Crippen molar-refractivity contribution in [2.75, 3.05) is 7.11 Å². The number of benzene rings is 2. The summed E-state index contributed by atoms with van der Waals surface area (Å²) < 4.78 is 46.5. The maximum absolute atomic E-state index is 12.8. The second-order valence-electron chi connectivity index (χ2n) is 4.44. The minimum atomic E-state index is -4.07. The van der Waals surface area contributed by atoms with E-state index in [-0.39, 0.29) is 11.3 Å². The summed E-state index contributed by atoms with van der Waals surface area (Å²) in [6, 6.07) is 11.0. The first-order valence-electron chi connectivity index (χ1n) is 6.31. The highest BCUT2D eigenvalue weighted by Gasteiger charge is 2.18. The first-order chi connectivity index (χ1) is 10.4. The number of hydrogen-bond acceptors (Lipinski definition) is 5. The molecule has 5 nitrogen and oxygen atoms in total. The van der Waals surface area contributed by atoms with Gasteiger partial charge in [0.1, 0.15) is 16.5 Å². The van der Waals surface area contributed by atoms with Gasteiger partial charge in [-0.25, -0.2) is 4.39 Å². The molecule has 0 bridgehead atoms. The van der Waals surface area contributed by atoms with Crippen molar-refractivity contribution in [3.05, 3.63) is 59.9 Å². The standard InChI is InChI=1S/C15H14FNO4S/c1-20-13-6-8-14(9-7-13)22(18,19)21-15(17)10-11-2-4-12(16)5-3-11/h2-9,17H,10H2,1H3. The van der Waals surface area contributed by atoms with Gasteiger partial charge in [0.05, 0.1) is 7.11 Å². The molecule has 0 aliphatic rings. The van der Waals surface area contributed by atoms with Crippen LogP contribution in [-0.2, 0) is 20.7 Å². The van der Waals surface area contributed by atoms with Crippen molar-refractivity contribution in [2.45, 2.75) is 11.3 Å². The van der Waals surface area contributed by atoms with Crippen LogP contribution in [0, 0.1) is 11.2 Å². The molecule has 0 radical (unpaired) electrons. The lowest BCUT2D eigenvalue weighted by Crippen LogP contribution is -2.14. The Morgan fingerprint density at radius 2 is 1.68 bits per heavy atom. The molecule has 0 saturated heterocycles. The van der Waals surface area contributed by atoms with E-state index in [0.717, 1.165) is 0 Å². The number of ether oxygens (including phenoxy) is 1. The van der Waals surface area contributed by atoms with E-state index < -0.39 is 21.8 Å². The van der Waals surface area contributed by atoms with Gasteiger partial charge in [-0.2, -0.15) is 8.42 Å². The molecule has 0 atom stereocenters. The number of nitrogens with one attached hydrogen (secondary N) is 1. The normalized spacial score (nSPS) is 11.0. The summed E-state index contributed by atoms with van der Waals surface area (Å²) in [5.41, 5.74) is 0.580. The van der Waals surface area contributed by atoms with Crippen LogP contribution in [0.25, 0.3) is 0 Å². The van der Waals surface area contributed by atoms with E-state index in [1.807, 2.05) is 0 Å². The quantitative estimate of drug-likeness (QED) is 0.521. The van der Waals surface area contributed by atoms with Gasteiger partial charge >= 0.3 is 10.1 Å². The summed E-state index contributed by atoms with van der Waals surface area (Å²) in [4.78, 5) is -0.0721. The molecule has 0 amide bonds. The SMILES string of the molecule is COc1ccc(S(=O)(=O)OC(=N)Cc2ccc(F)cc2)cc1. The molecular weight excluding hydrogens is 309 g/mol. The molecule has 0 unspecified atom stereocenters. The minimum absolute atomic E-state index is 0.0460. The number of rotatable bonds is 5. The van der Waals surface area contributed by atoms with Crippen molar-refractivity contribution in [3.63, 3.8) is 0 Å². The van der Waals surface area contributed by atoms with E-state index in [9.17, 15) is 12.8 Å². The van der Waals surface area contributed by atoms with Gasteiger partial charge in [0, 0.05) is 6.42 Å². The molecule has 0 aromatic heterocycles. The van der Waals surface area contributed by atoms with Crippen LogP contribution in [0.2, 0.25) is 0 Å². The maximum Gasteiger partial charge on any atom is 0.340 e. The topological polar surface area (TPSA) is 76.5 Å². The van der Waals surface area contributed by atoms with Crippen molar-refractivity contribution >= 4 is 16.0 Å². The highest BCUT2D eigenvalue weighted by molar-refractivity contribution is 7.87. The van der Waals surface area contributed by atoms with Crippen LogP contribution in [0.4, 0.5) is 4.39 Å². The average molecular weight is 323 g/mol. The van der Waals surface area contributed by atoms with E-state index in [2.05, 4.69) is 0 Å². The van der Waals surface area contributed by atoms with Gasteiger partial charge in [-0.15, -0.1) is 0 Å². The fourth-order valence-electron chi connectivity index (χ4n) is 1.74. The van der Waals surface area contributed by atoms with E-state index in [1.165, 1.54) is 55.6 Å². The van der Waals surface area contributed by atoms with Gasteiger partial charge in [0.15, 0.2) is 0 Å². The molecule has 0 fully saturated rings. The van der Waals surface area contributed by atoms with Crippen molar-refractivity contribution in [3.8, 4) is 5.75 Å². The molecule has 0 spiro atoms. The first kappa shape index (κ1) is 16.0. The maximum atomic E-state index is 12.8. The highest BCUT2D eigenvalue weighted by Crippen LogP contribution is 2.18. The third-order valence-corrected chi connectivity index (χ3v) is 4.11. The van der Waals surface area contributed by atoms with Crippen LogP contribution in [-0.4, -0.2) is 21.4 Å². The fraction of sp³-hybridized carbons (Fsp3) is 0.133. The van der Waals surface area contributed by atoms with Crippen molar-refractivity contribution in [1.29, 1.82) is 5.41 Å². The van der Waals surface area contributed by atoms with Crippen LogP contribution in [0.3, 0.4) is 0 Å². The number of hydrogen-bond donors (Lipinski definition) is 1. The fourth-order valence-corrected chi connectivity index (χ4v) is 2.63. The summed E-state index contributed by atoms with van der Waals surface area (Å²) in [5.74, 6) is -0.329. The lowest BCUT2D eigenvalue weighted by molar-refractivity contribution is 0.414. The van der Waals surface area contributed by atoms with Gasteiger partial charge in [0.2, 0.25) is 5.90 Å². The zero-order valence-electron chi connectivity index (χ0n) is 11.7. The predicted octanol–water partition coefficient (Wildman–Crippen LogP) is 2.76. The van der Waals surface area contributed by atoms with Gasteiger partial charge in [0.25, 0.3) is 0 Å². The van der Waals surface area contributed by atoms with Gasteiger partial charge in [-0.3, -0.25) is 5.41 Å². The van der Waals surface area contributed by atoms with Crippen molar-refractivity contribution < 1.29 is 21.7 Å². The van der Waals surface area contributed by atoms with Gasteiger partial charge < -0.3 is 8.92 Å². The van der Waals surface area contributed by atoms with Crippen LogP contribution in [0.1, 0.15) is 5.56 Å². The Hall–Kier alpha value is -2.41.